The molecule has 2 aromatic carbocycles. The van der Waals surface area contributed by atoms with E-state index in [9.17, 15) is 9.59 Å². The first kappa shape index (κ1) is 19.9. The van der Waals surface area contributed by atoms with E-state index in [1.165, 1.54) is 5.56 Å². The van der Waals surface area contributed by atoms with Crippen LogP contribution in [0.15, 0.2) is 54.6 Å². The Hall–Kier alpha value is -2.37. The van der Waals surface area contributed by atoms with Gasteiger partial charge in [0.2, 0.25) is 11.8 Å². The third-order valence-corrected chi connectivity index (χ3v) is 6.03. The predicted molar refractivity (Wildman–Crippen MR) is 115 cm³/mol. The highest BCUT2D eigenvalue weighted by molar-refractivity contribution is 6.31. The van der Waals surface area contributed by atoms with E-state index >= 15 is 0 Å². The average Bonchev–Trinajstić information content (AvgIpc) is 3.12. The number of anilines is 1. The molecule has 2 fully saturated rings. The van der Waals surface area contributed by atoms with E-state index in [1.807, 2.05) is 18.2 Å². The lowest BCUT2D eigenvalue weighted by Gasteiger charge is -2.32. The predicted octanol–water partition coefficient (Wildman–Crippen LogP) is 3.47. The second kappa shape index (κ2) is 8.97. The van der Waals surface area contributed by atoms with Gasteiger partial charge in [0.25, 0.3) is 0 Å². The summed E-state index contributed by atoms with van der Waals surface area (Å²) in [6.07, 6.45) is 2.14. The Morgan fingerprint density at radius 3 is 2.55 bits per heavy atom. The number of carbonyl (C=O) groups excluding carboxylic acids is 2. The zero-order chi connectivity index (χ0) is 20.2. The Labute approximate surface area is 176 Å². The summed E-state index contributed by atoms with van der Waals surface area (Å²) in [5.74, 6) is -0.335. The summed E-state index contributed by atoms with van der Waals surface area (Å²) in [4.78, 5) is 29.2. The van der Waals surface area contributed by atoms with E-state index < -0.39 is 0 Å². The number of nitrogens with one attached hydrogen (secondary N) is 1. The minimum Gasteiger partial charge on any atom is -0.353 e. The number of amides is 2. The van der Waals surface area contributed by atoms with Crippen LogP contribution in [0.25, 0.3) is 0 Å². The summed E-state index contributed by atoms with van der Waals surface area (Å²) < 4.78 is 0. The van der Waals surface area contributed by atoms with Gasteiger partial charge >= 0.3 is 0 Å². The quantitative estimate of drug-likeness (QED) is 0.819. The van der Waals surface area contributed by atoms with Crippen molar-refractivity contribution in [2.45, 2.75) is 31.8 Å². The number of piperidine rings is 1. The molecule has 1 N–H and O–H groups in total. The Bertz CT molecular complexity index is 865. The van der Waals surface area contributed by atoms with Gasteiger partial charge in [-0.05, 0) is 36.6 Å². The van der Waals surface area contributed by atoms with Gasteiger partial charge in [0.1, 0.15) is 0 Å². The second-order valence-corrected chi connectivity index (χ2v) is 8.37. The fourth-order valence-electron chi connectivity index (χ4n) is 4.17. The minimum absolute atomic E-state index is 0.00983. The maximum absolute atomic E-state index is 12.7. The van der Waals surface area contributed by atoms with Gasteiger partial charge in [-0.2, -0.15) is 0 Å². The van der Waals surface area contributed by atoms with Crippen LogP contribution >= 0.6 is 11.6 Å². The summed E-state index contributed by atoms with van der Waals surface area (Å²) in [7, 11) is 0. The van der Waals surface area contributed by atoms with E-state index in [-0.39, 0.29) is 30.2 Å². The van der Waals surface area contributed by atoms with Gasteiger partial charge in [0.15, 0.2) is 0 Å². The molecule has 2 aromatic rings. The molecule has 0 unspecified atom stereocenters. The molecule has 0 aromatic heterocycles. The number of carbonyl (C=O) groups is 2. The lowest BCUT2D eigenvalue weighted by Crippen LogP contribution is -2.46. The van der Waals surface area contributed by atoms with Crippen molar-refractivity contribution in [2.75, 3.05) is 24.5 Å². The van der Waals surface area contributed by atoms with Gasteiger partial charge in [-0.25, -0.2) is 0 Å². The summed E-state index contributed by atoms with van der Waals surface area (Å²) in [6.45, 7) is 3.31. The first-order valence-corrected chi connectivity index (χ1v) is 10.6. The molecule has 0 aliphatic carbocycles. The van der Waals surface area contributed by atoms with Gasteiger partial charge in [0, 0.05) is 49.4 Å². The topological polar surface area (TPSA) is 52.7 Å². The Kier molecular flexibility index (Phi) is 6.16. The van der Waals surface area contributed by atoms with E-state index in [0.717, 1.165) is 38.2 Å². The zero-order valence-corrected chi connectivity index (χ0v) is 17.1. The van der Waals surface area contributed by atoms with Crippen molar-refractivity contribution in [3.63, 3.8) is 0 Å². The van der Waals surface area contributed by atoms with E-state index in [4.69, 9.17) is 11.6 Å². The number of nitrogens with zero attached hydrogens (tertiary/aromatic N) is 2. The van der Waals surface area contributed by atoms with Crippen LogP contribution < -0.4 is 10.2 Å². The lowest BCUT2D eigenvalue weighted by atomic mass is 10.0. The van der Waals surface area contributed by atoms with Gasteiger partial charge in [-0.15, -0.1) is 0 Å². The number of hydrogen-bond donors (Lipinski definition) is 1. The Morgan fingerprint density at radius 2 is 1.83 bits per heavy atom. The van der Waals surface area contributed by atoms with Crippen molar-refractivity contribution in [1.82, 2.24) is 10.2 Å². The van der Waals surface area contributed by atoms with Crippen molar-refractivity contribution in [3.8, 4) is 0 Å². The lowest BCUT2D eigenvalue weighted by molar-refractivity contribution is -0.127. The van der Waals surface area contributed by atoms with Gasteiger partial charge < -0.3 is 10.2 Å². The van der Waals surface area contributed by atoms with Crippen molar-refractivity contribution in [3.05, 3.63) is 65.2 Å². The smallest absolute Gasteiger partial charge is 0.227 e. The molecular formula is C23H26ClN3O2. The molecule has 0 bridgehead atoms. The molecule has 0 saturated carbocycles. The number of likely N-dealkylation sites (tertiary alicyclic amines) is 1. The van der Waals surface area contributed by atoms with Crippen LogP contribution in [-0.4, -0.2) is 42.4 Å². The van der Waals surface area contributed by atoms with Gasteiger partial charge in [-0.1, -0.05) is 48.0 Å². The molecule has 2 heterocycles. The molecule has 0 spiro atoms. The van der Waals surface area contributed by atoms with Crippen LogP contribution in [0.1, 0.15) is 24.8 Å². The molecule has 2 aliphatic heterocycles. The standard InChI is InChI=1S/C23H26ClN3O2/c24-19-7-4-8-21(14-19)27-16-18(13-22(27)28)23(29)25-20-9-11-26(12-10-20)15-17-5-2-1-3-6-17/h1-8,14,18,20H,9-13,15-16H2,(H,25,29)/t18-/m0/s1. The highest BCUT2D eigenvalue weighted by Crippen LogP contribution is 2.27. The maximum atomic E-state index is 12.7. The molecule has 1 atom stereocenters. The Morgan fingerprint density at radius 1 is 1.07 bits per heavy atom. The van der Waals surface area contributed by atoms with Crippen molar-refractivity contribution in [1.29, 1.82) is 0 Å². The maximum Gasteiger partial charge on any atom is 0.227 e. The third kappa shape index (κ3) is 4.98. The molecule has 6 heteroatoms. The SMILES string of the molecule is O=C(NC1CCN(Cc2ccccc2)CC1)[C@H]1CC(=O)N(c2cccc(Cl)c2)C1. The van der Waals surface area contributed by atoms with Crippen LogP contribution in [0.3, 0.4) is 0 Å². The molecule has 5 nitrogen and oxygen atoms in total. The largest absolute Gasteiger partial charge is 0.353 e. The molecule has 4 rings (SSSR count). The number of halogens is 1. The highest BCUT2D eigenvalue weighted by Gasteiger charge is 2.36. The first-order valence-electron chi connectivity index (χ1n) is 10.2. The molecule has 29 heavy (non-hydrogen) atoms. The Balaban J connectivity index is 1.26. The minimum atomic E-state index is -0.302. The second-order valence-electron chi connectivity index (χ2n) is 7.93. The normalized spacial score (nSPS) is 20.8. The molecule has 152 valence electrons. The molecular weight excluding hydrogens is 386 g/mol. The monoisotopic (exact) mass is 411 g/mol. The summed E-state index contributed by atoms with van der Waals surface area (Å²) in [5, 5.41) is 3.77. The van der Waals surface area contributed by atoms with Crippen molar-refractivity contribution >= 4 is 29.1 Å². The fourth-order valence-corrected chi connectivity index (χ4v) is 4.36. The molecule has 0 radical (unpaired) electrons. The fraction of sp³-hybridized carbons (Fsp3) is 0.391. The number of rotatable bonds is 5. The number of hydrogen-bond acceptors (Lipinski definition) is 3. The van der Waals surface area contributed by atoms with Crippen molar-refractivity contribution in [2.24, 2.45) is 5.92 Å². The molecule has 2 aliphatic rings. The first-order chi connectivity index (χ1) is 14.1. The van der Waals surface area contributed by atoms with Crippen LogP contribution in [0, 0.1) is 5.92 Å². The van der Waals surface area contributed by atoms with Crippen LogP contribution in [-0.2, 0) is 16.1 Å². The summed E-state index contributed by atoms with van der Waals surface area (Å²) in [5.41, 5.74) is 2.08. The van der Waals surface area contributed by atoms with E-state index in [0.29, 0.717) is 11.6 Å². The summed E-state index contributed by atoms with van der Waals surface area (Å²) in [6, 6.07) is 17.9. The van der Waals surface area contributed by atoms with Crippen LogP contribution in [0.2, 0.25) is 5.02 Å². The van der Waals surface area contributed by atoms with Crippen LogP contribution in [0.5, 0.6) is 0 Å². The molecule has 2 saturated heterocycles. The number of benzene rings is 2. The average molecular weight is 412 g/mol. The summed E-state index contributed by atoms with van der Waals surface area (Å²) >= 11 is 6.04. The van der Waals surface area contributed by atoms with Crippen molar-refractivity contribution < 1.29 is 9.59 Å². The van der Waals surface area contributed by atoms with Crippen LogP contribution in [0.4, 0.5) is 5.69 Å². The van der Waals surface area contributed by atoms with E-state index in [2.05, 4.69) is 34.5 Å². The molecule has 2 amide bonds. The highest BCUT2D eigenvalue weighted by atomic mass is 35.5. The zero-order valence-electron chi connectivity index (χ0n) is 16.4. The van der Waals surface area contributed by atoms with Gasteiger partial charge in [0.05, 0.1) is 5.92 Å². The van der Waals surface area contributed by atoms with Gasteiger partial charge in [-0.3, -0.25) is 14.5 Å². The van der Waals surface area contributed by atoms with E-state index in [1.54, 1.807) is 17.0 Å². The third-order valence-electron chi connectivity index (χ3n) is 5.80.